The van der Waals surface area contributed by atoms with Crippen LogP contribution in [-0.2, 0) is 10.0 Å². The molecule has 138 valence electrons. The van der Waals surface area contributed by atoms with Crippen LogP contribution in [0.4, 0.5) is 10.1 Å². The topological polar surface area (TPSA) is 57.7 Å². The zero-order valence-electron chi connectivity index (χ0n) is 14.2. The van der Waals surface area contributed by atoms with E-state index in [1.807, 2.05) is 0 Å². The minimum atomic E-state index is -3.63. The van der Waals surface area contributed by atoms with Crippen molar-refractivity contribution >= 4 is 33.1 Å². The average molecular weight is 397 g/mol. The van der Waals surface area contributed by atoms with E-state index in [9.17, 15) is 17.6 Å². The van der Waals surface area contributed by atoms with Crippen LogP contribution in [0.1, 0.15) is 17.3 Å². The Kier molecular flexibility index (Phi) is 5.32. The summed E-state index contributed by atoms with van der Waals surface area (Å²) in [5.41, 5.74) is 0.684. The fourth-order valence-corrected chi connectivity index (χ4v) is 4.65. The molecule has 0 unspecified atom stereocenters. The van der Waals surface area contributed by atoms with Gasteiger partial charge in [0.2, 0.25) is 10.0 Å². The number of hydrogen-bond acceptors (Lipinski definition) is 4. The van der Waals surface area contributed by atoms with E-state index in [1.54, 1.807) is 29.2 Å². The molecule has 0 aromatic heterocycles. The normalized spacial score (nSPS) is 15.9. The molecule has 0 N–H and O–H groups in total. The first-order valence-corrected chi connectivity index (χ1v) is 9.92. The molecule has 0 saturated carbocycles. The first-order chi connectivity index (χ1) is 12.3. The molecule has 1 fully saturated rings. The summed E-state index contributed by atoms with van der Waals surface area (Å²) in [4.78, 5) is 13.3. The zero-order chi connectivity index (χ0) is 18.9. The van der Waals surface area contributed by atoms with Crippen LogP contribution >= 0.6 is 11.6 Å². The zero-order valence-corrected chi connectivity index (χ0v) is 15.7. The molecule has 0 spiro atoms. The Bertz CT molecular complexity index is 941. The quantitative estimate of drug-likeness (QED) is 0.745. The van der Waals surface area contributed by atoms with Crippen molar-refractivity contribution in [2.45, 2.75) is 11.8 Å². The molecule has 1 aliphatic rings. The number of sulfonamides is 1. The third-order valence-corrected chi connectivity index (χ3v) is 6.50. The van der Waals surface area contributed by atoms with Crippen molar-refractivity contribution < 1.29 is 17.6 Å². The van der Waals surface area contributed by atoms with E-state index in [1.165, 1.54) is 29.4 Å². The van der Waals surface area contributed by atoms with Crippen molar-refractivity contribution in [3.63, 3.8) is 0 Å². The van der Waals surface area contributed by atoms with Crippen molar-refractivity contribution in [2.24, 2.45) is 0 Å². The fourth-order valence-electron chi connectivity index (χ4n) is 2.93. The standard InChI is InChI=1S/C18H18ClFN2O3S/c1-13(23)14-5-6-18(17(20)11-14)21-7-9-22(10-8-21)26(24,25)16-4-2-3-15(19)12-16/h2-6,11-12H,7-10H2,1H3. The van der Waals surface area contributed by atoms with Gasteiger partial charge in [-0.25, -0.2) is 12.8 Å². The molecule has 26 heavy (non-hydrogen) atoms. The third-order valence-electron chi connectivity index (χ3n) is 4.37. The van der Waals surface area contributed by atoms with Gasteiger partial charge >= 0.3 is 0 Å². The van der Waals surface area contributed by atoms with Crippen LogP contribution < -0.4 is 4.90 Å². The molecular weight excluding hydrogens is 379 g/mol. The molecule has 3 rings (SSSR count). The summed E-state index contributed by atoms with van der Waals surface area (Å²) in [5.74, 6) is -0.684. The van der Waals surface area contributed by atoms with Crippen LogP contribution in [0.3, 0.4) is 0 Å². The second kappa shape index (κ2) is 7.34. The van der Waals surface area contributed by atoms with Crippen LogP contribution in [0, 0.1) is 5.82 Å². The van der Waals surface area contributed by atoms with Gasteiger partial charge in [-0.15, -0.1) is 0 Å². The number of rotatable bonds is 4. The van der Waals surface area contributed by atoms with Gasteiger partial charge in [0.1, 0.15) is 5.82 Å². The second-order valence-electron chi connectivity index (χ2n) is 6.07. The Morgan fingerprint density at radius 2 is 1.77 bits per heavy atom. The van der Waals surface area contributed by atoms with Gasteiger partial charge in [0, 0.05) is 36.8 Å². The number of nitrogens with zero attached hydrogens (tertiary/aromatic N) is 2. The van der Waals surface area contributed by atoms with Gasteiger partial charge in [0.15, 0.2) is 5.78 Å². The Hall–Kier alpha value is -1.96. The molecule has 0 amide bonds. The first kappa shape index (κ1) is 18.8. The van der Waals surface area contributed by atoms with Crippen LogP contribution in [0.5, 0.6) is 0 Å². The summed E-state index contributed by atoms with van der Waals surface area (Å²) in [7, 11) is -3.63. The summed E-state index contributed by atoms with van der Waals surface area (Å²) < 4.78 is 41.1. The molecule has 8 heteroatoms. The van der Waals surface area contributed by atoms with Gasteiger partial charge in [-0.1, -0.05) is 17.7 Å². The maximum Gasteiger partial charge on any atom is 0.243 e. The van der Waals surface area contributed by atoms with E-state index in [4.69, 9.17) is 11.6 Å². The van der Waals surface area contributed by atoms with E-state index >= 15 is 0 Å². The SMILES string of the molecule is CC(=O)c1ccc(N2CCN(S(=O)(=O)c3cccc(Cl)c3)CC2)c(F)c1. The van der Waals surface area contributed by atoms with Gasteiger partial charge in [-0.05, 0) is 43.3 Å². The van der Waals surface area contributed by atoms with Crippen LogP contribution in [0.15, 0.2) is 47.4 Å². The number of carbonyl (C=O) groups excluding carboxylic acids is 1. The van der Waals surface area contributed by atoms with Gasteiger partial charge < -0.3 is 4.90 Å². The van der Waals surface area contributed by atoms with E-state index < -0.39 is 15.8 Å². The van der Waals surface area contributed by atoms with Crippen LogP contribution in [0.25, 0.3) is 0 Å². The third kappa shape index (κ3) is 3.75. The number of ketones is 1. The number of Topliss-reactive ketones (excluding diaryl/α,β-unsaturated/α-hetero) is 1. The average Bonchev–Trinajstić information content (AvgIpc) is 2.61. The fraction of sp³-hybridized carbons (Fsp3) is 0.278. The number of carbonyl (C=O) groups is 1. The van der Waals surface area contributed by atoms with E-state index in [2.05, 4.69) is 0 Å². The smallest absolute Gasteiger partial charge is 0.243 e. The molecule has 2 aromatic rings. The van der Waals surface area contributed by atoms with Gasteiger partial charge in [0.05, 0.1) is 10.6 Å². The van der Waals surface area contributed by atoms with E-state index in [0.717, 1.165) is 0 Å². The molecule has 0 radical (unpaired) electrons. The van der Waals surface area contributed by atoms with Gasteiger partial charge in [0.25, 0.3) is 0 Å². The number of benzene rings is 2. The van der Waals surface area contributed by atoms with Gasteiger partial charge in [-0.3, -0.25) is 4.79 Å². The lowest BCUT2D eigenvalue weighted by Crippen LogP contribution is -2.48. The molecule has 0 atom stereocenters. The number of piperazine rings is 1. The Morgan fingerprint density at radius 3 is 2.35 bits per heavy atom. The molecular formula is C18H18ClFN2O3S. The van der Waals surface area contributed by atoms with Crippen molar-refractivity contribution in [1.29, 1.82) is 0 Å². The summed E-state index contributed by atoms with van der Waals surface area (Å²) in [5, 5.41) is 0.359. The van der Waals surface area contributed by atoms with Gasteiger partial charge in [-0.2, -0.15) is 4.31 Å². The molecule has 1 saturated heterocycles. The second-order valence-corrected chi connectivity index (χ2v) is 8.45. The van der Waals surface area contributed by atoms with E-state index in [0.29, 0.717) is 29.4 Å². The minimum Gasteiger partial charge on any atom is -0.367 e. The lowest BCUT2D eigenvalue weighted by atomic mass is 10.1. The number of halogens is 2. The molecule has 1 heterocycles. The predicted octanol–water partition coefficient (Wildman–Crippen LogP) is 3.19. The maximum absolute atomic E-state index is 14.3. The number of hydrogen-bond donors (Lipinski definition) is 0. The maximum atomic E-state index is 14.3. The van der Waals surface area contributed by atoms with Crippen molar-refractivity contribution in [3.8, 4) is 0 Å². The lowest BCUT2D eigenvalue weighted by molar-refractivity contribution is 0.101. The molecule has 0 aliphatic carbocycles. The van der Waals surface area contributed by atoms with Crippen molar-refractivity contribution in [3.05, 3.63) is 58.9 Å². The van der Waals surface area contributed by atoms with E-state index in [-0.39, 0.29) is 23.8 Å². The number of anilines is 1. The molecule has 5 nitrogen and oxygen atoms in total. The summed E-state index contributed by atoms with van der Waals surface area (Å²) in [6.45, 7) is 2.58. The Balaban J connectivity index is 1.74. The van der Waals surface area contributed by atoms with Crippen molar-refractivity contribution in [2.75, 3.05) is 31.1 Å². The highest BCUT2D eigenvalue weighted by molar-refractivity contribution is 7.89. The molecule has 0 bridgehead atoms. The summed E-state index contributed by atoms with van der Waals surface area (Å²) >= 11 is 5.89. The largest absolute Gasteiger partial charge is 0.367 e. The lowest BCUT2D eigenvalue weighted by Gasteiger charge is -2.35. The van der Waals surface area contributed by atoms with Crippen LogP contribution in [0.2, 0.25) is 5.02 Å². The highest BCUT2D eigenvalue weighted by Crippen LogP contribution is 2.25. The highest BCUT2D eigenvalue weighted by Gasteiger charge is 2.29. The monoisotopic (exact) mass is 396 g/mol. The summed E-state index contributed by atoms with van der Waals surface area (Å²) in [6, 6.07) is 10.5. The minimum absolute atomic E-state index is 0.149. The van der Waals surface area contributed by atoms with Crippen molar-refractivity contribution in [1.82, 2.24) is 4.31 Å². The highest BCUT2D eigenvalue weighted by atomic mass is 35.5. The molecule has 2 aromatic carbocycles. The molecule has 1 aliphatic heterocycles. The van der Waals surface area contributed by atoms with Crippen LogP contribution in [-0.4, -0.2) is 44.7 Å². The summed E-state index contributed by atoms with van der Waals surface area (Å²) in [6.07, 6.45) is 0. The predicted molar refractivity (Wildman–Crippen MR) is 98.8 cm³/mol. The Morgan fingerprint density at radius 1 is 1.08 bits per heavy atom. The Labute approximate surface area is 157 Å². The first-order valence-electron chi connectivity index (χ1n) is 8.10.